The van der Waals surface area contributed by atoms with Gasteiger partial charge < -0.3 is 4.74 Å². The third kappa shape index (κ3) is 3.87. The van der Waals surface area contributed by atoms with Gasteiger partial charge >= 0.3 is 0 Å². The maximum Gasteiger partial charge on any atom is 0.244 e. The molecule has 4 rings (SSSR count). The second-order valence-corrected chi connectivity index (χ2v) is 8.91. The van der Waals surface area contributed by atoms with E-state index in [9.17, 15) is 8.42 Å². The first kappa shape index (κ1) is 18.9. The zero-order chi connectivity index (χ0) is 19.6. The highest BCUT2D eigenvalue weighted by Gasteiger charge is 2.56. The zero-order valence-corrected chi connectivity index (χ0v) is 16.5. The van der Waals surface area contributed by atoms with Crippen LogP contribution in [0.2, 0.25) is 0 Å². The molecular weight excluding hydrogens is 370 g/mol. The Hall–Kier alpha value is -2.47. The van der Waals surface area contributed by atoms with Gasteiger partial charge in [0.2, 0.25) is 10.0 Å². The van der Waals surface area contributed by atoms with Crippen molar-refractivity contribution in [3.63, 3.8) is 0 Å². The topological polar surface area (TPSA) is 46.4 Å². The number of ether oxygens (including phenoxy) is 1. The number of sulfonamides is 1. The van der Waals surface area contributed by atoms with Crippen molar-refractivity contribution < 1.29 is 13.2 Å². The maximum atomic E-state index is 13.2. The Kier molecular flexibility index (Phi) is 5.31. The van der Waals surface area contributed by atoms with Crippen LogP contribution >= 0.6 is 0 Å². The molecule has 1 fully saturated rings. The van der Waals surface area contributed by atoms with E-state index in [0.717, 1.165) is 16.7 Å². The lowest BCUT2D eigenvalue weighted by Crippen LogP contribution is -2.17. The minimum absolute atomic E-state index is 0.191. The van der Waals surface area contributed by atoms with Gasteiger partial charge in [-0.3, -0.25) is 0 Å². The Morgan fingerprint density at radius 1 is 0.857 bits per heavy atom. The van der Waals surface area contributed by atoms with Crippen molar-refractivity contribution in [2.75, 3.05) is 6.61 Å². The third-order valence-corrected chi connectivity index (χ3v) is 6.93. The molecular formula is C23H23NO3S. The largest absolute Gasteiger partial charge is 0.375 e. The van der Waals surface area contributed by atoms with Crippen LogP contribution in [0.25, 0.3) is 0 Å². The number of hydrogen-bond acceptors (Lipinski definition) is 3. The lowest BCUT2D eigenvalue weighted by atomic mass is 10.1. The fourth-order valence-corrected chi connectivity index (χ4v) is 5.24. The summed E-state index contributed by atoms with van der Waals surface area (Å²) in [4.78, 5) is 0.324. The number of rotatable bonds is 7. The second kappa shape index (κ2) is 7.87. The molecule has 5 heteroatoms. The summed E-state index contributed by atoms with van der Waals surface area (Å²) in [6, 6.07) is 26.3. The van der Waals surface area contributed by atoms with Crippen molar-refractivity contribution in [3.8, 4) is 0 Å². The van der Waals surface area contributed by atoms with E-state index >= 15 is 0 Å². The molecule has 4 nitrogen and oxygen atoms in total. The van der Waals surface area contributed by atoms with Crippen LogP contribution in [0.1, 0.15) is 22.7 Å². The summed E-state index contributed by atoms with van der Waals surface area (Å²) in [5.74, 6) is 0. The normalized spacial score (nSPS) is 21.4. The van der Waals surface area contributed by atoms with Gasteiger partial charge in [0, 0.05) is 0 Å². The van der Waals surface area contributed by atoms with Crippen molar-refractivity contribution >= 4 is 10.0 Å². The summed E-state index contributed by atoms with van der Waals surface area (Å²) in [6.45, 7) is 2.78. The van der Waals surface area contributed by atoms with Gasteiger partial charge in [0.15, 0.2) is 0 Å². The Labute approximate surface area is 166 Å². The SMILES string of the molecule is Cc1ccc(S(=O)(=O)N2C(COCc3ccccc3)C2c2ccccc2)cc1. The van der Waals surface area contributed by atoms with Gasteiger partial charge in [-0.1, -0.05) is 78.4 Å². The Morgan fingerprint density at radius 2 is 1.46 bits per heavy atom. The Morgan fingerprint density at radius 3 is 2.11 bits per heavy atom. The second-order valence-electron chi connectivity index (χ2n) is 7.07. The van der Waals surface area contributed by atoms with Gasteiger partial charge in [-0.2, -0.15) is 4.31 Å². The monoisotopic (exact) mass is 393 g/mol. The highest BCUT2D eigenvalue weighted by atomic mass is 32.2. The van der Waals surface area contributed by atoms with Gasteiger partial charge in [-0.25, -0.2) is 8.42 Å². The molecule has 0 radical (unpaired) electrons. The van der Waals surface area contributed by atoms with E-state index in [1.807, 2.05) is 79.7 Å². The standard InChI is InChI=1S/C23H23NO3S/c1-18-12-14-21(15-13-18)28(25,26)24-22(23(24)20-10-6-3-7-11-20)17-27-16-19-8-4-2-5-9-19/h2-15,22-23H,16-17H2,1H3. The van der Waals surface area contributed by atoms with Crippen LogP contribution < -0.4 is 0 Å². The lowest BCUT2D eigenvalue weighted by Gasteiger charge is -2.08. The Bertz CT molecular complexity index is 1020. The molecule has 3 atom stereocenters. The van der Waals surface area contributed by atoms with Crippen LogP contribution in [-0.2, 0) is 21.4 Å². The van der Waals surface area contributed by atoms with Gasteiger partial charge in [-0.05, 0) is 30.2 Å². The molecule has 1 aliphatic rings. The van der Waals surface area contributed by atoms with E-state index in [1.54, 1.807) is 16.4 Å². The summed E-state index contributed by atoms with van der Waals surface area (Å²) in [7, 11) is -3.57. The summed E-state index contributed by atoms with van der Waals surface area (Å²) in [5, 5.41) is 0. The van der Waals surface area contributed by atoms with Gasteiger partial charge in [0.1, 0.15) is 0 Å². The molecule has 0 N–H and O–H groups in total. The van der Waals surface area contributed by atoms with Crippen LogP contribution in [0.5, 0.6) is 0 Å². The van der Waals surface area contributed by atoms with Crippen molar-refractivity contribution in [1.29, 1.82) is 0 Å². The molecule has 0 aliphatic carbocycles. The Balaban J connectivity index is 1.54. The first-order chi connectivity index (χ1) is 13.6. The first-order valence-electron chi connectivity index (χ1n) is 9.34. The van der Waals surface area contributed by atoms with Crippen molar-refractivity contribution in [2.24, 2.45) is 0 Å². The molecule has 0 saturated carbocycles. The molecule has 144 valence electrons. The summed E-state index contributed by atoms with van der Waals surface area (Å²) in [5.41, 5.74) is 3.10. The maximum absolute atomic E-state index is 13.2. The van der Waals surface area contributed by atoms with E-state index in [1.165, 1.54) is 0 Å². The van der Waals surface area contributed by atoms with Crippen molar-refractivity contribution in [3.05, 3.63) is 102 Å². The van der Waals surface area contributed by atoms with E-state index in [0.29, 0.717) is 18.1 Å². The first-order valence-corrected chi connectivity index (χ1v) is 10.8. The molecule has 28 heavy (non-hydrogen) atoms. The number of aryl methyl sites for hydroxylation is 1. The molecule has 0 spiro atoms. The van der Waals surface area contributed by atoms with Crippen LogP contribution in [-0.4, -0.2) is 25.4 Å². The predicted octanol–water partition coefficient (Wildman–Crippen LogP) is 4.33. The van der Waals surface area contributed by atoms with E-state index in [2.05, 4.69) is 0 Å². The fraction of sp³-hybridized carbons (Fsp3) is 0.217. The predicted molar refractivity (Wildman–Crippen MR) is 109 cm³/mol. The molecule has 0 aromatic heterocycles. The molecule has 1 saturated heterocycles. The van der Waals surface area contributed by atoms with Gasteiger partial charge in [0.05, 0.1) is 30.2 Å². The molecule has 3 aromatic rings. The molecule has 0 bridgehead atoms. The number of hydrogen-bond donors (Lipinski definition) is 0. The quantitative estimate of drug-likeness (QED) is 0.562. The fourth-order valence-electron chi connectivity index (χ4n) is 3.47. The smallest absolute Gasteiger partial charge is 0.244 e. The minimum Gasteiger partial charge on any atom is -0.375 e. The average Bonchev–Trinajstić information content (AvgIpc) is 3.45. The average molecular weight is 394 g/mol. The van der Waals surface area contributed by atoms with E-state index in [4.69, 9.17) is 4.74 Å². The van der Waals surface area contributed by atoms with Crippen LogP contribution in [0, 0.1) is 6.92 Å². The van der Waals surface area contributed by atoms with E-state index < -0.39 is 10.0 Å². The molecule has 0 amide bonds. The summed E-state index contributed by atoms with van der Waals surface area (Å²) in [6.07, 6.45) is 0. The number of nitrogens with zero attached hydrogens (tertiary/aromatic N) is 1. The van der Waals surface area contributed by atoms with Gasteiger partial charge in [-0.15, -0.1) is 0 Å². The van der Waals surface area contributed by atoms with Crippen LogP contribution in [0.3, 0.4) is 0 Å². The summed E-state index contributed by atoms with van der Waals surface area (Å²) >= 11 is 0. The lowest BCUT2D eigenvalue weighted by molar-refractivity contribution is 0.118. The highest BCUT2D eigenvalue weighted by Crippen LogP contribution is 2.47. The van der Waals surface area contributed by atoms with Crippen molar-refractivity contribution in [2.45, 2.75) is 30.5 Å². The number of benzene rings is 3. The van der Waals surface area contributed by atoms with E-state index in [-0.39, 0.29) is 12.1 Å². The van der Waals surface area contributed by atoms with Gasteiger partial charge in [0.25, 0.3) is 0 Å². The molecule has 1 heterocycles. The molecule has 1 aliphatic heterocycles. The third-order valence-electron chi connectivity index (χ3n) is 5.01. The zero-order valence-electron chi connectivity index (χ0n) is 15.7. The highest BCUT2D eigenvalue weighted by molar-refractivity contribution is 7.89. The molecule has 3 unspecified atom stereocenters. The summed E-state index contributed by atoms with van der Waals surface area (Å²) < 4.78 is 33.8. The van der Waals surface area contributed by atoms with Crippen molar-refractivity contribution in [1.82, 2.24) is 4.31 Å². The van der Waals surface area contributed by atoms with Crippen LogP contribution in [0.4, 0.5) is 0 Å². The molecule has 3 aromatic carbocycles. The minimum atomic E-state index is -3.57. The van der Waals surface area contributed by atoms with Crippen LogP contribution in [0.15, 0.2) is 89.8 Å².